The Bertz CT molecular complexity index is 175. The van der Waals surface area contributed by atoms with E-state index < -0.39 is 0 Å². The minimum absolute atomic E-state index is 0.577. The predicted octanol–water partition coefficient (Wildman–Crippen LogP) is 3.81. The second-order valence-electron chi connectivity index (χ2n) is 6.92. The van der Waals surface area contributed by atoms with Crippen molar-refractivity contribution in [2.45, 2.75) is 92.4 Å². The lowest BCUT2D eigenvalue weighted by atomic mass is 9.92. The fourth-order valence-electron chi connectivity index (χ4n) is 2.43. The monoisotopic (exact) mass is 256 g/mol. The number of rotatable bonds is 9. The van der Waals surface area contributed by atoms with E-state index >= 15 is 0 Å². The van der Waals surface area contributed by atoms with Crippen LogP contribution in [0.4, 0.5) is 0 Å². The third-order valence-electron chi connectivity index (χ3n) is 3.49. The molecule has 0 aliphatic rings. The zero-order chi connectivity index (χ0) is 14.3. The Morgan fingerprint density at radius 3 is 1.00 bits per heavy atom. The summed E-state index contributed by atoms with van der Waals surface area (Å²) in [6.45, 7) is 18.2. The lowest BCUT2D eigenvalue weighted by molar-refractivity contribution is 0.291. The first kappa shape index (κ1) is 17.9. The third-order valence-corrected chi connectivity index (χ3v) is 3.49. The smallest absolute Gasteiger partial charge is 0.00929 e. The average molecular weight is 256 g/mol. The highest BCUT2D eigenvalue weighted by molar-refractivity contribution is 4.79. The van der Waals surface area contributed by atoms with Crippen LogP contribution >= 0.6 is 0 Å². The van der Waals surface area contributed by atoms with Crippen LogP contribution in [0.3, 0.4) is 0 Å². The number of nitrogens with one attached hydrogen (secondary N) is 2. The summed E-state index contributed by atoms with van der Waals surface area (Å²) in [7, 11) is 0. The summed E-state index contributed by atoms with van der Waals surface area (Å²) >= 11 is 0. The molecule has 18 heavy (non-hydrogen) atoms. The fraction of sp³-hybridized carbons (Fsp3) is 1.00. The van der Waals surface area contributed by atoms with Gasteiger partial charge in [-0.05, 0) is 24.7 Å². The van der Waals surface area contributed by atoms with Gasteiger partial charge in [0.1, 0.15) is 0 Å². The topological polar surface area (TPSA) is 24.1 Å². The van der Waals surface area contributed by atoms with Gasteiger partial charge in [0.15, 0.2) is 0 Å². The van der Waals surface area contributed by atoms with Crippen LogP contribution in [0, 0.1) is 11.8 Å². The van der Waals surface area contributed by atoms with Crippen LogP contribution in [0.25, 0.3) is 0 Å². The summed E-state index contributed by atoms with van der Waals surface area (Å²) in [6, 6.07) is 2.43. The summed E-state index contributed by atoms with van der Waals surface area (Å²) in [5, 5.41) is 7.40. The Balaban J connectivity index is 4.28. The zero-order valence-corrected chi connectivity index (χ0v) is 13.9. The van der Waals surface area contributed by atoms with Gasteiger partial charge in [0.05, 0.1) is 0 Å². The minimum atomic E-state index is 0.577. The standard InChI is InChI=1S/C16H36N2/c1-11(2)15(17-13(5)6)9-10-16(12(3)4)18-14(7)8/h11-18H,9-10H2,1-8H3. The van der Waals surface area contributed by atoms with Crippen molar-refractivity contribution in [3.05, 3.63) is 0 Å². The minimum Gasteiger partial charge on any atom is -0.312 e. The van der Waals surface area contributed by atoms with E-state index in [2.05, 4.69) is 66.0 Å². The van der Waals surface area contributed by atoms with Crippen LogP contribution in [0.15, 0.2) is 0 Å². The van der Waals surface area contributed by atoms with Crippen LogP contribution < -0.4 is 10.6 Å². The van der Waals surface area contributed by atoms with Gasteiger partial charge in [0.25, 0.3) is 0 Å². The first-order valence-electron chi connectivity index (χ1n) is 7.76. The number of hydrogen-bond acceptors (Lipinski definition) is 2. The highest BCUT2D eigenvalue weighted by atomic mass is 15.0. The molecule has 0 aliphatic heterocycles. The molecular formula is C16H36N2. The second kappa shape index (κ2) is 8.92. The maximum Gasteiger partial charge on any atom is 0.00929 e. The highest BCUT2D eigenvalue weighted by Crippen LogP contribution is 2.15. The third kappa shape index (κ3) is 8.10. The summed E-state index contributed by atoms with van der Waals surface area (Å²) in [6.07, 6.45) is 2.52. The molecule has 0 saturated carbocycles. The van der Waals surface area contributed by atoms with Gasteiger partial charge in [-0.2, -0.15) is 0 Å². The molecule has 0 aromatic carbocycles. The van der Waals surface area contributed by atoms with E-state index in [0.717, 1.165) is 0 Å². The maximum atomic E-state index is 3.70. The molecule has 0 bridgehead atoms. The molecule has 2 atom stereocenters. The van der Waals surface area contributed by atoms with Crippen molar-refractivity contribution in [3.8, 4) is 0 Å². The molecule has 0 aromatic heterocycles. The van der Waals surface area contributed by atoms with Crippen molar-refractivity contribution in [1.82, 2.24) is 10.6 Å². The van der Waals surface area contributed by atoms with E-state index in [1.807, 2.05) is 0 Å². The zero-order valence-electron chi connectivity index (χ0n) is 13.9. The van der Waals surface area contributed by atoms with Crippen molar-refractivity contribution < 1.29 is 0 Å². The van der Waals surface area contributed by atoms with Crippen molar-refractivity contribution in [2.75, 3.05) is 0 Å². The first-order chi connectivity index (χ1) is 8.23. The van der Waals surface area contributed by atoms with E-state index in [1.54, 1.807) is 0 Å². The molecular weight excluding hydrogens is 220 g/mol. The van der Waals surface area contributed by atoms with E-state index in [9.17, 15) is 0 Å². The molecule has 0 heterocycles. The Morgan fingerprint density at radius 2 is 0.833 bits per heavy atom. The largest absolute Gasteiger partial charge is 0.312 e. The first-order valence-corrected chi connectivity index (χ1v) is 7.76. The van der Waals surface area contributed by atoms with E-state index in [-0.39, 0.29) is 0 Å². The van der Waals surface area contributed by atoms with Crippen molar-refractivity contribution in [1.29, 1.82) is 0 Å². The Labute approximate surface area is 115 Å². The predicted molar refractivity (Wildman–Crippen MR) is 83.0 cm³/mol. The molecule has 2 unspecified atom stereocenters. The number of hydrogen-bond donors (Lipinski definition) is 2. The van der Waals surface area contributed by atoms with Gasteiger partial charge in [-0.3, -0.25) is 0 Å². The molecule has 2 N–H and O–H groups in total. The maximum absolute atomic E-state index is 3.70. The summed E-state index contributed by atoms with van der Waals surface area (Å²) < 4.78 is 0. The molecule has 0 spiro atoms. The van der Waals surface area contributed by atoms with Gasteiger partial charge < -0.3 is 10.6 Å². The van der Waals surface area contributed by atoms with Crippen molar-refractivity contribution in [2.24, 2.45) is 11.8 Å². The Hall–Kier alpha value is -0.0800. The molecule has 0 saturated heterocycles. The molecule has 2 heteroatoms. The van der Waals surface area contributed by atoms with Crippen LogP contribution in [0.5, 0.6) is 0 Å². The average Bonchev–Trinajstić information content (AvgIpc) is 2.20. The van der Waals surface area contributed by atoms with Crippen molar-refractivity contribution >= 4 is 0 Å². The Morgan fingerprint density at radius 1 is 0.556 bits per heavy atom. The van der Waals surface area contributed by atoms with Crippen LogP contribution in [-0.2, 0) is 0 Å². The van der Waals surface area contributed by atoms with Gasteiger partial charge in [-0.1, -0.05) is 55.4 Å². The lowest BCUT2D eigenvalue weighted by Crippen LogP contribution is -2.42. The lowest BCUT2D eigenvalue weighted by Gasteiger charge is -2.30. The van der Waals surface area contributed by atoms with Crippen LogP contribution in [0.1, 0.15) is 68.2 Å². The van der Waals surface area contributed by atoms with Gasteiger partial charge in [-0.25, -0.2) is 0 Å². The molecule has 2 nitrogen and oxygen atoms in total. The fourth-order valence-corrected chi connectivity index (χ4v) is 2.43. The van der Waals surface area contributed by atoms with Gasteiger partial charge >= 0.3 is 0 Å². The molecule has 0 aromatic rings. The normalized spacial score (nSPS) is 16.0. The van der Waals surface area contributed by atoms with Crippen molar-refractivity contribution in [3.63, 3.8) is 0 Å². The van der Waals surface area contributed by atoms with Gasteiger partial charge in [0, 0.05) is 24.2 Å². The second-order valence-corrected chi connectivity index (χ2v) is 6.92. The molecule has 0 fully saturated rings. The molecule has 0 rings (SSSR count). The van der Waals surface area contributed by atoms with Gasteiger partial charge in [-0.15, -0.1) is 0 Å². The Kier molecular flexibility index (Phi) is 8.89. The van der Waals surface area contributed by atoms with E-state index in [4.69, 9.17) is 0 Å². The quantitative estimate of drug-likeness (QED) is 0.655. The van der Waals surface area contributed by atoms with Crippen LogP contribution in [-0.4, -0.2) is 24.2 Å². The molecule has 0 aliphatic carbocycles. The molecule has 110 valence electrons. The summed E-state index contributed by atoms with van der Waals surface area (Å²) in [5.41, 5.74) is 0. The van der Waals surface area contributed by atoms with Gasteiger partial charge in [0.2, 0.25) is 0 Å². The highest BCUT2D eigenvalue weighted by Gasteiger charge is 2.19. The molecule has 0 amide bonds. The summed E-state index contributed by atoms with van der Waals surface area (Å²) in [5.74, 6) is 1.42. The van der Waals surface area contributed by atoms with Crippen LogP contribution in [0.2, 0.25) is 0 Å². The molecule has 0 radical (unpaired) electrons. The summed E-state index contributed by atoms with van der Waals surface area (Å²) in [4.78, 5) is 0. The van der Waals surface area contributed by atoms with E-state index in [1.165, 1.54) is 12.8 Å². The SMILES string of the molecule is CC(C)NC(CCC(NC(C)C)C(C)C)C(C)C. The van der Waals surface area contributed by atoms with E-state index in [0.29, 0.717) is 36.0 Å².